The van der Waals surface area contributed by atoms with Gasteiger partial charge in [0.2, 0.25) is 5.16 Å². The number of thioether (sulfide) groups is 1. The Hall–Kier alpha value is -2.33. The van der Waals surface area contributed by atoms with Gasteiger partial charge in [-0.05, 0) is 19.1 Å². The van der Waals surface area contributed by atoms with Crippen molar-refractivity contribution in [1.82, 2.24) is 14.9 Å². The molecule has 0 spiro atoms. The van der Waals surface area contributed by atoms with Gasteiger partial charge >= 0.3 is 0 Å². The zero-order valence-corrected chi connectivity index (χ0v) is 12.7. The van der Waals surface area contributed by atoms with E-state index in [2.05, 4.69) is 22.0 Å². The van der Waals surface area contributed by atoms with Crippen molar-refractivity contribution >= 4 is 11.8 Å². The Balaban J connectivity index is 1.97. The second-order valence-electron chi connectivity index (χ2n) is 3.95. The molecule has 1 aromatic carbocycles. The third-order valence-electron chi connectivity index (χ3n) is 2.59. The lowest BCUT2D eigenvalue weighted by Gasteiger charge is -2.07. The van der Waals surface area contributed by atoms with Crippen LogP contribution in [0.15, 0.2) is 29.4 Å². The summed E-state index contributed by atoms with van der Waals surface area (Å²) in [5, 5.41) is 8.64. The molecule has 2 rings (SSSR count). The zero-order valence-electron chi connectivity index (χ0n) is 11.9. The lowest BCUT2D eigenvalue weighted by atomic mass is 10.3. The van der Waals surface area contributed by atoms with E-state index < -0.39 is 0 Å². The quantitative estimate of drug-likeness (QED) is 0.497. The predicted octanol–water partition coefficient (Wildman–Crippen LogP) is 1.69. The molecule has 0 aliphatic rings. The van der Waals surface area contributed by atoms with Crippen molar-refractivity contribution in [3.63, 3.8) is 0 Å². The minimum atomic E-state index is 0.233. The molecule has 21 heavy (non-hydrogen) atoms. The standard InChI is InChI=1S/C14H16N4O2S/c1-3-4-8-21-14-17-16-13(18(14)15)10-20-12-7-5-6-11(9-12)19-2/h5-7,9H,8,10,15H2,1-2H3. The molecule has 0 fully saturated rings. The number of ether oxygens (including phenoxy) is 2. The molecule has 1 heterocycles. The van der Waals surface area contributed by atoms with Gasteiger partial charge in [-0.3, -0.25) is 0 Å². The first kappa shape index (κ1) is 15.1. The second-order valence-corrected chi connectivity index (χ2v) is 4.89. The van der Waals surface area contributed by atoms with E-state index in [1.54, 1.807) is 20.1 Å². The number of hydrogen-bond acceptors (Lipinski definition) is 6. The fourth-order valence-corrected chi connectivity index (χ4v) is 2.20. The van der Waals surface area contributed by atoms with E-state index in [-0.39, 0.29) is 6.61 Å². The summed E-state index contributed by atoms with van der Waals surface area (Å²) in [7, 11) is 1.61. The highest BCUT2D eigenvalue weighted by atomic mass is 32.2. The number of rotatable bonds is 6. The second kappa shape index (κ2) is 7.45. The molecule has 0 saturated carbocycles. The lowest BCUT2D eigenvalue weighted by Crippen LogP contribution is -2.15. The Morgan fingerprint density at radius 2 is 2.14 bits per heavy atom. The summed E-state index contributed by atoms with van der Waals surface area (Å²) >= 11 is 1.44. The monoisotopic (exact) mass is 304 g/mol. The number of benzene rings is 1. The molecule has 0 radical (unpaired) electrons. The maximum Gasteiger partial charge on any atom is 0.210 e. The van der Waals surface area contributed by atoms with Gasteiger partial charge < -0.3 is 15.3 Å². The van der Waals surface area contributed by atoms with E-state index in [1.807, 2.05) is 18.2 Å². The summed E-state index contributed by atoms with van der Waals surface area (Å²) in [5.41, 5.74) is 0. The first-order chi connectivity index (χ1) is 10.2. The molecular formula is C14H16N4O2S. The Morgan fingerprint density at radius 3 is 2.90 bits per heavy atom. The van der Waals surface area contributed by atoms with Gasteiger partial charge in [0.05, 0.1) is 12.9 Å². The third kappa shape index (κ3) is 4.07. The van der Waals surface area contributed by atoms with E-state index in [0.29, 0.717) is 22.5 Å². The number of nitrogens with zero attached hydrogens (tertiary/aromatic N) is 3. The summed E-state index contributed by atoms with van der Waals surface area (Å²) in [4.78, 5) is 0. The molecule has 0 bridgehead atoms. The lowest BCUT2D eigenvalue weighted by molar-refractivity contribution is 0.289. The van der Waals surface area contributed by atoms with Crippen LogP contribution in [-0.2, 0) is 6.61 Å². The maximum atomic E-state index is 5.92. The van der Waals surface area contributed by atoms with E-state index in [0.717, 1.165) is 5.75 Å². The average Bonchev–Trinajstić information content (AvgIpc) is 2.86. The minimum absolute atomic E-state index is 0.233. The van der Waals surface area contributed by atoms with Crippen molar-refractivity contribution < 1.29 is 9.47 Å². The van der Waals surface area contributed by atoms with Crippen LogP contribution < -0.4 is 15.3 Å². The van der Waals surface area contributed by atoms with Gasteiger partial charge in [-0.2, -0.15) is 0 Å². The smallest absolute Gasteiger partial charge is 0.210 e. The van der Waals surface area contributed by atoms with Crippen LogP contribution in [0, 0.1) is 11.8 Å². The summed E-state index contributed by atoms with van der Waals surface area (Å²) in [6, 6.07) is 7.34. The van der Waals surface area contributed by atoms with E-state index in [9.17, 15) is 0 Å². The molecule has 2 aromatic rings. The normalized spacial score (nSPS) is 9.81. The molecule has 0 saturated heterocycles. The van der Waals surface area contributed by atoms with E-state index >= 15 is 0 Å². The highest BCUT2D eigenvalue weighted by Gasteiger charge is 2.10. The number of aromatic nitrogens is 3. The van der Waals surface area contributed by atoms with Crippen LogP contribution in [-0.4, -0.2) is 27.7 Å². The summed E-state index contributed by atoms with van der Waals surface area (Å²) < 4.78 is 12.2. The Bertz CT molecular complexity index is 660. The highest BCUT2D eigenvalue weighted by molar-refractivity contribution is 7.99. The number of methoxy groups -OCH3 is 1. The Kier molecular flexibility index (Phi) is 5.35. The van der Waals surface area contributed by atoms with Crippen LogP contribution in [0.5, 0.6) is 11.5 Å². The maximum absolute atomic E-state index is 5.92. The van der Waals surface area contributed by atoms with Crippen LogP contribution in [0.1, 0.15) is 12.7 Å². The molecular weight excluding hydrogens is 288 g/mol. The zero-order chi connectivity index (χ0) is 15.1. The minimum Gasteiger partial charge on any atom is -0.497 e. The SMILES string of the molecule is CC#CCSc1nnc(COc2cccc(OC)c2)n1N. The number of hydrogen-bond donors (Lipinski definition) is 1. The van der Waals surface area contributed by atoms with Crippen LogP contribution in [0.4, 0.5) is 0 Å². The van der Waals surface area contributed by atoms with Crippen molar-refractivity contribution in [2.75, 3.05) is 18.7 Å². The van der Waals surface area contributed by atoms with Crippen molar-refractivity contribution in [2.45, 2.75) is 18.7 Å². The Morgan fingerprint density at radius 1 is 1.33 bits per heavy atom. The summed E-state index contributed by atoms with van der Waals surface area (Å²) in [6.07, 6.45) is 0. The molecule has 1 aromatic heterocycles. The molecule has 0 amide bonds. The van der Waals surface area contributed by atoms with Crippen LogP contribution >= 0.6 is 11.8 Å². The number of nitrogens with two attached hydrogens (primary N) is 1. The van der Waals surface area contributed by atoms with Gasteiger partial charge in [0.1, 0.15) is 18.1 Å². The van der Waals surface area contributed by atoms with Crippen LogP contribution in [0.3, 0.4) is 0 Å². The molecule has 6 nitrogen and oxygen atoms in total. The number of nitrogen functional groups attached to an aromatic ring is 1. The van der Waals surface area contributed by atoms with E-state index in [4.69, 9.17) is 15.3 Å². The Labute approximate surface area is 127 Å². The van der Waals surface area contributed by atoms with Gasteiger partial charge in [0.15, 0.2) is 5.82 Å². The topological polar surface area (TPSA) is 75.2 Å². The van der Waals surface area contributed by atoms with E-state index in [1.165, 1.54) is 16.4 Å². The fraction of sp³-hybridized carbons (Fsp3) is 0.286. The fourth-order valence-electron chi connectivity index (χ4n) is 1.52. The van der Waals surface area contributed by atoms with Crippen molar-refractivity contribution in [3.05, 3.63) is 30.1 Å². The first-order valence-electron chi connectivity index (χ1n) is 6.23. The van der Waals surface area contributed by atoms with Gasteiger partial charge in [-0.15, -0.1) is 16.1 Å². The molecule has 2 N–H and O–H groups in total. The van der Waals surface area contributed by atoms with Crippen molar-refractivity contribution in [3.8, 4) is 23.3 Å². The van der Waals surface area contributed by atoms with Crippen LogP contribution in [0.2, 0.25) is 0 Å². The largest absolute Gasteiger partial charge is 0.497 e. The van der Waals surface area contributed by atoms with Gasteiger partial charge in [0, 0.05) is 6.07 Å². The molecule has 0 atom stereocenters. The van der Waals surface area contributed by atoms with Gasteiger partial charge in [-0.25, -0.2) is 4.68 Å². The van der Waals surface area contributed by atoms with Crippen molar-refractivity contribution in [2.24, 2.45) is 0 Å². The molecule has 0 unspecified atom stereocenters. The summed E-state index contributed by atoms with van der Waals surface area (Å²) in [6.45, 7) is 2.03. The first-order valence-corrected chi connectivity index (χ1v) is 7.21. The molecule has 110 valence electrons. The average molecular weight is 304 g/mol. The molecule has 0 aliphatic heterocycles. The highest BCUT2D eigenvalue weighted by Crippen LogP contribution is 2.20. The summed E-state index contributed by atoms with van der Waals surface area (Å²) in [5.74, 6) is 14.3. The van der Waals surface area contributed by atoms with Crippen LogP contribution in [0.25, 0.3) is 0 Å². The molecule has 0 aliphatic carbocycles. The predicted molar refractivity (Wildman–Crippen MR) is 81.7 cm³/mol. The van der Waals surface area contributed by atoms with Crippen molar-refractivity contribution in [1.29, 1.82) is 0 Å². The molecule has 7 heteroatoms. The van der Waals surface area contributed by atoms with Gasteiger partial charge in [-0.1, -0.05) is 23.7 Å². The van der Waals surface area contributed by atoms with Gasteiger partial charge in [0.25, 0.3) is 0 Å². The third-order valence-corrected chi connectivity index (χ3v) is 3.42.